The molecule has 1 saturated heterocycles. The molecule has 3 atom stereocenters. The topological polar surface area (TPSA) is 41.1 Å². The van der Waals surface area contributed by atoms with Crippen LogP contribution in [0.2, 0.25) is 0 Å². The highest BCUT2D eigenvalue weighted by Crippen LogP contribution is 2.39. The van der Waals surface area contributed by atoms with Crippen LogP contribution in [0.4, 0.5) is 0 Å². The molecule has 3 rings (SSSR count). The van der Waals surface area contributed by atoms with E-state index in [0.29, 0.717) is 11.5 Å². The van der Waals surface area contributed by atoms with E-state index in [9.17, 15) is 4.79 Å². The summed E-state index contributed by atoms with van der Waals surface area (Å²) >= 11 is 0. The van der Waals surface area contributed by atoms with Crippen LogP contribution in [0.5, 0.6) is 0 Å². The molecule has 3 heteroatoms. The van der Waals surface area contributed by atoms with E-state index in [0.717, 1.165) is 18.9 Å². The fourth-order valence-electron chi connectivity index (χ4n) is 3.90. The standard InChI is InChI=1S/C15H26N2O/c1-15(7-4-8-15)10-16-14(18)13-9-11-5-2-3-6-12(11)17-13/h11-13,17H,2-10H2,1H3,(H,16,18). The number of amides is 1. The first-order valence-corrected chi connectivity index (χ1v) is 7.70. The first-order chi connectivity index (χ1) is 8.66. The van der Waals surface area contributed by atoms with E-state index in [1.807, 2.05) is 0 Å². The minimum atomic E-state index is 0.0850. The number of hydrogen-bond acceptors (Lipinski definition) is 2. The molecule has 2 saturated carbocycles. The molecule has 2 N–H and O–H groups in total. The van der Waals surface area contributed by atoms with E-state index < -0.39 is 0 Å². The Kier molecular flexibility index (Phi) is 3.35. The molecule has 3 fully saturated rings. The molecule has 1 aliphatic heterocycles. The summed E-state index contributed by atoms with van der Waals surface area (Å²) < 4.78 is 0. The van der Waals surface area contributed by atoms with Crippen molar-refractivity contribution in [2.45, 2.75) is 70.4 Å². The average molecular weight is 250 g/mol. The van der Waals surface area contributed by atoms with Crippen LogP contribution in [-0.4, -0.2) is 24.5 Å². The molecule has 0 aromatic carbocycles. The van der Waals surface area contributed by atoms with Crippen LogP contribution in [0.3, 0.4) is 0 Å². The van der Waals surface area contributed by atoms with Gasteiger partial charge in [-0.2, -0.15) is 0 Å². The van der Waals surface area contributed by atoms with Crippen molar-refractivity contribution in [2.75, 3.05) is 6.54 Å². The van der Waals surface area contributed by atoms with E-state index in [-0.39, 0.29) is 11.9 Å². The minimum Gasteiger partial charge on any atom is -0.354 e. The zero-order valence-electron chi connectivity index (χ0n) is 11.5. The Morgan fingerprint density at radius 3 is 2.72 bits per heavy atom. The summed E-state index contributed by atoms with van der Waals surface area (Å²) in [6, 6.07) is 0.704. The highest BCUT2D eigenvalue weighted by molar-refractivity contribution is 5.82. The molecule has 3 nitrogen and oxygen atoms in total. The maximum atomic E-state index is 12.2. The third kappa shape index (κ3) is 2.42. The molecular weight excluding hydrogens is 224 g/mol. The maximum Gasteiger partial charge on any atom is 0.237 e. The molecule has 0 aromatic heterocycles. The van der Waals surface area contributed by atoms with Crippen molar-refractivity contribution in [1.29, 1.82) is 0 Å². The second-order valence-corrected chi connectivity index (χ2v) is 6.99. The van der Waals surface area contributed by atoms with Crippen molar-refractivity contribution >= 4 is 5.91 Å². The highest BCUT2D eigenvalue weighted by Gasteiger charge is 2.39. The Morgan fingerprint density at radius 1 is 1.28 bits per heavy atom. The molecular formula is C15H26N2O. The zero-order chi connectivity index (χ0) is 12.6. The SMILES string of the molecule is CC1(CNC(=O)C2CC3CCCCC3N2)CCC1. The smallest absolute Gasteiger partial charge is 0.237 e. The first kappa shape index (κ1) is 12.5. The molecule has 0 radical (unpaired) electrons. The van der Waals surface area contributed by atoms with E-state index >= 15 is 0 Å². The molecule has 0 bridgehead atoms. The number of carbonyl (C=O) groups is 1. The van der Waals surface area contributed by atoms with Crippen molar-refractivity contribution in [3.63, 3.8) is 0 Å². The van der Waals surface area contributed by atoms with Gasteiger partial charge in [-0.15, -0.1) is 0 Å². The molecule has 1 amide bonds. The molecule has 1 heterocycles. The first-order valence-electron chi connectivity index (χ1n) is 7.70. The molecule has 0 aromatic rings. The van der Waals surface area contributed by atoms with Gasteiger partial charge in [0.05, 0.1) is 6.04 Å². The van der Waals surface area contributed by atoms with Gasteiger partial charge in [0.25, 0.3) is 0 Å². The van der Waals surface area contributed by atoms with Crippen molar-refractivity contribution < 1.29 is 4.79 Å². The second kappa shape index (κ2) is 4.84. The average Bonchev–Trinajstić information content (AvgIpc) is 2.77. The van der Waals surface area contributed by atoms with Crippen molar-refractivity contribution in [3.8, 4) is 0 Å². The normalized spacial score (nSPS) is 37.7. The van der Waals surface area contributed by atoms with Crippen molar-refractivity contribution in [1.82, 2.24) is 10.6 Å². The third-order valence-corrected chi connectivity index (χ3v) is 5.43. The van der Waals surface area contributed by atoms with Gasteiger partial charge in [-0.05, 0) is 43.4 Å². The van der Waals surface area contributed by atoms with Gasteiger partial charge < -0.3 is 10.6 Å². The van der Waals surface area contributed by atoms with Crippen LogP contribution in [0.15, 0.2) is 0 Å². The predicted molar refractivity (Wildman–Crippen MR) is 72.3 cm³/mol. The van der Waals surface area contributed by atoms with Crippen LogP contribution < -0.4 is 10.6 Å². The minimum absolute atomic E-state index is 0.0850. The molecule has 18 heavy (non-hydrogen) atoms. The van der Waals surface area contributed by atoms with Gasteiger partial charge in [0, 0.05) is 12.6 Å². The van der Waals surface area contributed by atoms with Gasteiger partial charge in [-0.3, -0.25) is 4.79 Å². The van der Waals surface area contributed by atoms with Crippen molar-refractivity contribution in [2.24, 2.45) is 11.3 Å². The zero-order valence-corrected chi connectivity index (χ0v) is 11.5. The molecule has 3 aliphatic rings. The Labute approximate surface area is 110 Å². The van der Waals surface area contributed by atoms with Crippen LogP contribution in [0.25, 0.3) is 0 Å². The predicted octanol–water partition coefficient (Wildman–Crippen LogP) is 2.21. The number of carbonyl (C=O) groups excluding carboxylic acids is 1. The Hall–Kier alpha value is -0.570. The van der Waals surface area contributed by atoms with Gasteiger partial charge in [-0.1, -0.05) is 26.2 Å². The lowest BCUT2D eigenvalue weighted by Crippen LogP contribution is -2.47. The highest BCUT2D eigenvalue weighted by atomic mass is 16.2. The van der Waals surface area contributed by atoms with Gasteiger partial charge >= 0.3 is 0 Å². The quantitative estimate of drug-likeness (QED) is 0.806. The van der Waals surface area contributed by atoms with Crippen molar-refractivity contribution in [3.05, 3.63) is 0 Å². The Bertz CT molecular complexity index is 310. The lowest BCUT2D eigenvalue weighted by molar-refractivity contribution is -0.123. The monoisotopic (exact) mass is 250 g/mol. The van der Waals surface area contributed by atoms with Gasteiger partial charge in [0.15, 0.2) is 0 Å². The third-order valence-electron chi connectivity index (χ3n) is 5.43. The van der Waals surface area contributed by atoms with E-state index in [1.54, 1.807) is 0 Å². The van der Waals surface area contributed by atoms with Crippen LogP contribution in [-0.2, 0) is 4.79 Å². The van der Waals surface area contributed by atoms with Crippen LogP contribution in [0, 0.1) is 11.3 Å². The summed E-state index contributed by atoms with van der Waals surface area (Å²) in [7, 11) is 0. The van der Waals surface area contributed by atoms with Crippen LogP contribution in [0.1, 0.15) is 58.3 Å². The summed E-state index contributed by atoms with van der Waals surface area (Å²) in [6.07, 6.45) is 10.2. The van der Waals surface area contributed by atoms with E-state index in [4.69, 9.17) is 0 Å². The summed E-state index contributed by atoms with van der Waals surface area (Å²) in [6.45, 7) is 3.16. The fourth-order valence-corrected chi connectivity index (χ4v) is 3.90. The van der Waals surface area contributed by atoms with Gasteiger partial charge in [0.1, 0.15) is 0 Å². The summed E-state index contributed by atoms with van der Waals surface area (Å²) in [5, 5.41) is 6.73. The molecule has 102 valence electrons. The number of nitrogens with one attached hydrogen (secondary N) is 2. The lowest BCUT2D eigenvalue weighted by Gasteiger charge is -2.38. The van der Waals surface area contributed by atoms with E-state index in [1.165, 1.54) is 44.9 Å². The van der Waals surface area contributed by atoms with Gasteiger partial charge in [0.2, 0.25) is 5.91 Å². The lowest BCUT2D eigenvalue weighted by atomic mass is 9.70. The number of hydrogen-bond donors (Lipinski definition) is 2. The van der Waals surface area contributed by atoms with Gasteiger partial charge in [-0.25, -0.2) is 0 Å². The molecule has 3 unspecified atom stereocenters. The van der Waals surface area contributed by atoms with Crippen LogP contribution >= 0.6 is 0 Å². The number of rotatable bonds is 3. The largest absolute Gasteiger partial charge is 0.354 e. The Balaban J connectivity index is 1.48. The maximum absolute atomic E-state index is 12.2. The fraction of sp³-hybridized carbons (Fsp3) is 0.933. The summed E-state index contributed by atoms with van der Waals surface area (Å²) in [5.74, 6) is 1.01. The van der Waals surface area contributed by atoms with E-state index in [2.05, 4.69) is 17.6 Å². The Morgan fingerprint density at radius 2 is 2.06 bits per heavy atom. The summed E-state index contributed by atoms with van der Waals surface area (Å²) in [4.78, 5) is 12.2. The molecule has 0 spiro atoms. The second-order valence-electron chi connectivity index (χ2n) is 6.99. The summed E-state index contributed by atoms with van der Waals surface area (Å²) in [5.41, 5.74) is 0.390. The number of fused-ring (bicyclic) bond motifs is 1. The molecule has 2 aliphatic carbocycles.